The van der Waals surface area contributed by atoms with Gasteiger partial charge in [-0.1, -0.05) is 6.07 Å². The number of phenols is 1. The van der Waals surface area contributed by atoms with Gasteiger partial charge >= 0.3 is 11.8 Å². The second-order valence-electron chi connectivity index (χ2n) is 6.83. The van der Waals surface area contributed by atoms with Crippen molar-refractivity contribution in [2.24, 2.45) is 0 Å². The van der Waals surface area contributed by atoms with E-state index in [1.54, 1.807) is 13.0 Å². The summed E-state index contributed by atoms with van der Waals surface area (Å²) in [6.07, 6.45) is 0.324. The molecule has 1 aromatic carbocycles. The van der Waals surface area contributed by atoms with E-state index in [0.717, 1.165) is 5.56 Å². The molecule has 1 aliphatic heterocycles. The highest BCUT2D eigenvalue weighted by atomic mass is 32.2. The van der Waals surface area contributed by atoms with Crippen LogP contribution >= 0.6 is 0 Å². The van der Waals surface area contributed by atoms with Crippen molar-refractivity contribution < 1.29 is 23.1 Å². The Hall–Kier alpha value is -2.13. The van der Waals surface area contributed by atoms with Crippen LogP contribution in [0.15, 0.2) is 18.2 Å². The molecule has 2 rings (SSSR count). The van der Waals surface area contributed by atoms with E-state index in [1.807, 2.05) is 19.0 Å². The van der Waals surface area contributed by atoms with Crippen molar-refractivity contribution in [1.82, 2.24) is 9.80 Å². The maximum atomic E-state index is 12.7. The molecule has 0 spiro atoms. The number of nitrogens with zero attached hydrogens (tertiary/aromatic N) is 2. The lowest BCUT2D eigenvalue weighted by atomic mass is 10.2. The summed E-state index contributed by atoms with van der Waals surface area (Å²) in [5.41, 5.74) is 0.955. The maximum Gasteiger partial charge on any atom is 0.314 e. The number of hydrogen-bond donors (Lipinski definition) is 2. The average Bonchev–Trinajstić information content (AvgIpc) is 2.89. The van der Waals surface area contributed by atoms with Gasteiger partial charge in [0.15, 0.2) is 9.84 Å². The van der Waals surface area contributed by atoms with Crippen LogP contribution < -0.4 is 5.32 Å². The number of anilines is 1. The molecule has 1 heterocycles. The second kappa shape index (κ2) is 8.05. The highest BCUT2D eigenvalue weighted by molar-refractivity contribution is 7.91. The minimum absolute atomic E-state index is 0.0176. The number of aryl methyl sites for hydroxylation is 1. The summed E-state index contributed by atoms with van der Waals surface area (Å²) in [7, 11) is 0.476. The van der Waals surface area contributed by atoms with E-state index in [-0.39, 0.29) is 29.5 Å². The Bertz CT molecular complexity index is 792. The average molecular weight is 383 g/mol. The van der Waals surface area contributed by atoms with Crippen molar-refractivity contribution in [2.75, 3.05) is 44.0 Å². The Morgan fingerprint density at radius 1 is 1.27 bits per heavy atom. The fraction of sp³-hybridized carbons (Fsp3) is 0.529. The van der Waals surface area contributed by atoms with Gasteiger partial charge in [0.1, 0.15) is 5.75 Å². The zero-order valence-corrected chi connectivity index (χ0v) is 16.0. The van der Waals surface area contributed by atoms with Crippen LogP contribution in [-0.4, -0.2) is 79.9 Å². The zero-order chi connectivity index (χ0) is 19.5. The minimum Gasteiger partial charge on any atom is -0.506 e. The summed E-state index contributed by atoms with van der Waals surface area (Å²) < 4.78 is 23.5. The lowest BCUT2D eigenvalue weighted by Crippen LogP contribution is -2.48. The topological polar surface area (TPSA) is 107 Å². The van der Waals surface area contributed by atoms with Crippen LogP contribution in [0.5, 0.6) is 5.75 Å². The molecule has 1 saturated heterocycles. The summed E-state index contributed by atoms with van der Waals surface area (Å²) >= 11 is 0. The van der Waals surface area contributed by atoms with Gasteiger partial charge in [-0.05, 0) is 45.1 Å². The fourth-order valence-electron chi connectivity index (χ4n) is 2.83. The van der Waals surface area contributed by atoms with E-state index in [9.17, 15) is 23.1 Å². The molecule has 1 aromatic rings. The number of aromatic hydroxyl groups is 1. The van der Waals surface area contributed by atoms with Crippen molar-refractivity contribution >= 4 is 27.3 Å². The van der Waals surface area contributed by atoms with Crippen LogP contribution in [0, 0.1) is 6.92 Å². The second-order valence-corrected chi connectivity index (χ2v) is 9.06. The number of rotatable bonds is 5. The Labute approximate surface area is 153 Å². The van der Waals surface area contributed by atoms with Crippen LogP contribution in [0.4, 0.5) is 5.69 Å². The van der Waals surface area contributed by atoms with E-state index >= 15 is 0 Å². The number of nitrogens with one attached hydrogen (secondary N) is 1. The van der Waals surface area contributed by atoms with E-state index in [2.05, 4.69) is 5.32 Å². The van der Waals surface area contributed by atoms with Gasteiger partial charge in [-0.25, -0.2) is 8.42 Å². The Morgan fingerprint density at radius 2 is 1.96 bits per heavy atom. The van der Waals surface area contributed by atoms with Crippen LogP contribution in [0.25, 0.3) is 0 Å². The molecular formula is C17H25N3O5S. The molecule has 2 N–H and O–H groups in total. The normalized spacial score (nSPS) is 18.7. The Balaban J connectivity index is 2.15. The summed E-state index contributed by atoms with van der Waals surface area (Å²) in [5, 5.41) is 12.3. The summed E-state index contributed by atoms with van der Waals surface area (Å²) in [6, 6.07) is 4.19. The smallest absolute Gasteiger partial charge is 0.314 e. The molecule has 144 valence electrons. The van der Waals surface area contributed by atoms with E-state index in [1.165, 1.54) is 17.0 Å². The Morgan fingerprint density at radius 3 is 2.50 bits per heavy atom. The lowest BCUT2D eigenvalue weighted by molar-refractivity contribution is -0.144. The van der Waals surface area contributed by atoms with Gasteiger partial charge in [0, 0.05) is 19.1 Å². The first-order valence-corrected chi connectivity index (χ1v) is 10.2. The zero-order valence-electron chi connectivity index (χ0n) is 15.2. The van der Waals surface area contributed by atoms with Crippen LogP contribution in [0.2, 0.25) is 0 Å². The predicted molar refractivity (Wildman–Crippen MR) is 98.8 cm³/mol. The van der Waals surface area contributed by atoms with Gasteiger partial charge in [-0.2, -0.15) is 0 Å². The fourth-order valence-corrected chi connectivity index (χ4v) is 4.56. The van der Waals surface area contributed by atoms with Gasteiger partial charge < -0.3 is 20.2 Å². The van der Waals surface area contributed by atoms with Crippen LogP contribution in [0.1, 0.15) is 12.0 Å². The number of hydrogen-bond acceptors (Lipinski definition) is 6. The highest BCUT2D eigenvalue weighted by Gasteiger charge is 2.36. The molecule has 2 amide bonds. The number of amides is 2. The quantitative estimate of drug-likeness (QED) is 0.556. The van der Waals surface area contributed by atoms with Crippen LogP contribution in [-0.2, 0) is 19.4 Å². The first kappa shape index (κ1) is 20.2. The van der Waals surface area contributed by atoms with Crippen molar-refractivity contribution in [2.45, 2.75) is 19.4 Å². The van der Waals surface area contributed by atoms with Crippen LogP contribution in [0.3, 0.4) is 0 Å². The van der Waals surface area contributed by atoms with Gasteiger partial charge in [0.2, 0.25) is 0 Å². The molecule has 9 heteroatoms. The van der Waals surface area contributed by atoms with E-state index in [0.29, 0.717) is 13.0 Å². The molecule has 1 fully saturated rings. The minimum atomic E-state index is -3.19. The SMILES string of the molecule is Cc1ccc(NC(=O)C(=O)N(CCN(C)C)C2CCS(=O)(=O)C2)c(O)c1. The van der Waals surface area contributed by atoms with Crippen molar-refractivity contribution in [3.8, 4) is 5.75 Å². The van der Waals surface area contributed by atoms with Crippen molar-refractivity contribution in [3.63, 3.8) is 0 Å². The molecule has 0 saturated carbocycles. The molecule has 0 aliphatic carbocycles. The molecule has 0 aromatic heterocycles. The van der Waals surface area contributed by atoms with Gasteiger partial charge in [0.05, 0.1) is 17.2 Å². The van der Waals surface area contributed by atoms with E-state index in [4.69, 9.17) is 0 Å². The molecule has 0 radical (unpaired) electrons. The summed E-state index contributed by atoms with van der Waals surface area (Å²) in [6.45, 7) is 2.55. The first-order valence-electron chi connectivity index (χ1n) is 8.36. The molecular weight excluding hydrogens is 358 g/mol. The molecule has 8 nitrogen and oxygen atoms in total. The molecule has 0 bridgehead atoms. The number of benzene rings is 1. The number of carbonyl (C=O) groups excluding carboxylic acids is 2. The number of carbonyl (C=O) groups is 2. The molecule has 26 heavy (non-hydrogen) atoms. The van der Waals surface area contributed by atoms with Crippen molar-refractivity contribution in [3.05, 3.63) is 23.8 Å². The third-order valence-electron chi connectivity index (χ3n) is 4.29. The van der Waals surface area contributed by atoms with Gasteiger partial charge in [-0.3, -0.25) is 9.59 Å². The largest absolute Gasteiger partial charge is 0.506 e. The molecule has 1 atom stereocenters. The monoisotopic (exact) mass is 383 g/mol. The molecule has 1 aliphatic rings. The summed E-state index contributed by atoms with van der Waals surface area (Å²) in [4.78, 5) is 28.2. The van der Waals surface area contributed by atoms with E-state index < -0.39 is 27.7 Å². The number of likely N-dealkylation sites (N-methyl/N-ethyl adjacent to an activating group) is 1. The highest BCUT2D eigenvalue weighted by Crippen LogP contribution is 2.24. The molecule has 1 unspecified atom stereocenters. The lowest BCUT2D eigenvalue weighted by Gasteiger charge is -2.28. The number of phenolic OH excluding ortho intramolecular Hbond substituents is 1. The first-order chi connectivity index (χ1) is 12.1. The van der Waals surface area contributed by atoms with Crippen molar-refractivity contribution in [1.29, 1.82) is 0 Å². The predicted octanol–water partition coefficient (Wildman–Crippen LogP) is 0.216. The summed E-state index contributed by atoms with van der Waals surface area (Å²) in [5.74, 6) is -1.94. The Kier molecular flexibility index (Phi) is 6.25. The van der Waals surface area contributed by atoms with Gasteiger partial charge in [-0.15, -0.1) is 0 Å². The third kappa shape index (κ3) is 5.18. The third-order valence-corrected chi connectivity index (χ3v) is 6.04. The number of sulfone groups is 1. The maximum absolute atomic E-state index is 12.7. The standard InChI is InChI=1S/C17H25N3O5S/c1-12-4-5-14(15(21)10-12)18-16(22)17(23)20(8-7-19(2)3)13-6-9-26(24,25)11-13/h4-5,10,13,21H,6-9,11H2,1-3H3,(H,18,22). The van der Waals surface area contributed by atoms with Gasteiger partial charge in [0.25, 0.3) is 0 Å².